The van der Waals surface area contributed by atoms with E-state index in [4.69, 9.17) is 9.47 Å². The van der Waals surface area contributed by atoms with E-state index in [1.807, 2.05) is 24.3 Å². The van der Waals surface area contributed by atoms with Crippen LogP contribution in [0.2, 0.25) is 0 Å². The van der Waals surface area contributed by atoms with E-state index in [1.165, 1.54) is 38.9 Å². The van der Waals surface area contributed by atoms with Crippen LogP contribution in [0.1, 0.15) is 25.7 Å². The summed E-state index contributed by atoms with van der Waals surface area (Å²) in [6.07, 6.45) is 5.12. The fraction of sp³-hybridized carbons (Fsp3) is 0.632. The molecule has 6 nitrogen and oxygen atoms in total. The Hall–Kier alpha value is -1.22. The van der Waals surface area contributed by atoms with Gasteiger partial charge in [-0.1, -0.05) is 12.1 Å². The fourth-order valence-corrected chi connectivity index (χ4v) is 3.27. The molecule has 2 heterocycles. The molecule has 1 atom stereocenters. The molecule has 0 saturated carbocycles. The minimum absolute atomic E-state index is 0. The van der Waals surface area contributed by atoms with E-state index in [2.05, 4.69) is 20.5 Å². The first-order valence-electron chi connectivity index (χ1n) is 9.40. The average Bonchev–Trinajstić information content (AvgIpc) is 3.17. The molecule has 0 radical (unpaired) electrons. The van der Waals surface area contributed by atoms with E-state index in [9.17, 15) is 0 Å². The van der Waals surface area contributed by atoms with Gasteiger partial charge in [0, 0.05) is 13.6 Å². The Morgan fingerprint density at radius 1 is 1.15 bits per heavy atom. The van der Waals surface area contributed by atoms with Crippen molar-refractivity contribution in [1.29, 1.82) is 0 Å². The number of unbranched alkanes of at least 4 members (excludes halogenated alkanes) is 1. The highest BCUT2D eigenvalue weighted by atomic mass is 127. The maximum absolute atomic E-state index is 5.95. The van der Waals surface area contributed by atoms with E-state index >= 15 is 0 Å². The van der Waals surface area contributed by atoms with Crippen molar-refractivity contribution in [3.05, 3.63) is 24.3 Å². The number of para-hydroxylation sites is 2. The van der Waals surface area contributed by atoms with E-state index in [1.54, 1.807) is 7.05 Å². The number of nitrogens with zero attached hydrogens (tertiary/aromatic N) is 2. The van der Waals surface area contributed by atoms with Gasteiger partial charge in [-0.15, -0.1) is 24.0 Å². The molecule has 2 aliphatic rings. The summed E-state index contributed by atoms with van der Waals surface area (Å²) in [5, 5.41) is 6.70. The summed E-state index contributed by atoms with van der Waals surface area (Å²) in [6, 6.07) is 7.79. The van der Waals surface area contributed by atoms with Crippen LogP contribution in [0.25, 0.3) is 0 Å². The Kier molecular flexibility index (Phi) is 9.31. The van der Waals surface area contributed by atoms with Gasteiger partial charge in [0.05, 0.1) is 6.54 Å². The van der Waals surface area contributed by atoms with Crippen LogP contribution in [0, 0.1) is 0 Å². The van der Waals surface area contributed by atoms with E-state index < -0.39 is 0 Å². The van der Waals surface area contributed by atoms with Gasteiger partial charge in [0.1, 0.15) is 12.7 Å². The molecule has 3 rings (SSSR count). The summed E-state index contributed by atoms with van der Waals surface area (Å²) in [6.45, 7) is 5.95. The first-order valence-corrected chi connectivity index (χ1v) is 9.40. The standard InChI is InChI=1S/C19H30N4O2.HI/c1-20-19(21-10-4-5-11-23-12-6-7-13-23)22-14-16-15-24-17-8-2-3-9-18(17)25-16;/h2-3,8-9,16H,4-7,10-15H2,1H3,(H2,20,21,22);1H. The zero-order chi connectivity index (χ0) is 17.3. The summed E-state index contributed by atoms with van der Waals surface area (Å²) in [5.74, 6) is 2.45. The molecule has 2 aliphatic heterocycles. The summed E-state index contributed by atoms with van der Waals surface area (Å²) in [4.78, 5) is 6.84. The Labute approximate surface area is 173 Å². The van der Waals surface area contributed by atoms with Gasteiger partial charge in [-0.2, -0.15) is 0 Å². The van der Waals surface area contributed by atoms with E-state index in [0.29, 0.717) is 13.2 Å². The van der Waals surface area contributed by atoms with Crippen molar-refractivity contribution < 1.29 is 9.47 Å². The normalized spacial score (nSPS) is 19.7. The van der Waals surface area contributed by atoms with Crippen LogP contribution in [0.15, 0.2) is 29.3 Å². The number of halogens is 1. The average molecular weight is 474 g/mol. The van der Waals surface area contributed by atoms with Crippen molar-refractivity contribution in [3.8, 4) is 11.5 Å². The fourth-order valence-electron chi connectivity index (χ4n) is 3.27. The lowest BCUT2D eigenvalue weighted by Crippen LogP contribution is -2.45. The lowest BCUT2D eigenvalue weighted by Gasteiger charge is -2.27. The van der Waals surface area contributed by atoms with Gasteiger partial charge >= 0.3 is 0 Å². The Morgan fingerprint density at radius 3 is 2.69 bits per heavy atom. The molecule has 26 heavy (non-hydrogen) atoms. The largest absolute Gasteiger partial charge is 0.486 e. The number of hydrogen-bond acceptors (Lipinski definition) is 4. The zero-order valence-electron chi connectivity index (χ0n) is 15.6. The summed E-state index contributed by atoms with van der Waals surface area (Å²) in [5.41, 5.74) is 0. The van der Waals surface area contributed by atoms with Crippen molar-refractivity contribution in [2.75, 3.05) is 46.4 Å². The number of benzene rings is 1. The molecule has 146 valence electrons. The summed E-state index contributed by atoms with van der Waals surface area (Å²) in [7, 11) is 1.80. The third-order valence-corrected chi connectivity index (χ3v) is 4.68. The van der Waals surface area contributed by atoms with E-state index in [0.717, 1.165) is 30.4 Å². The molecule has 0 bridgehead atoms. The molecule has 7 heteroatoms. The number of fused-ring (bicyclic) bond motifs is 1. The quantitative estimate of drug-likeness (QED) is 0.275. The highest BCUT2D eigenvalue weighted by Gasteiger charge is 2.20. The van der Waals surface area contributed by atoms with Gasteiger partial charge in [-0.3, -0.25) is 4.99 Å². The monoisotopic (exact) mass is 474 g/mol. The lowest BCUT2D eigenvalue weighted by molar-refractivity contribution is 0.0936. The molecule has 0 spiro atoms. The summed E-state index contributed by atoms with van der Waals surface area (Å²) < 4.78 is 11.7. The molecule has 0 amide bonds. The zero-order valence-corrected chi connectivity index (χ0v) is 17.9. The predicted octanol–water partition coefficient (Wildman–Crippen LogP) is 2.49. The third kappa shape index (κ3) is 6.50. The highest BCUT2D eigenvalue weighted by Crippen LogP contribution is 2.30. The van der Waals surface area contributed by atoms with Crippen LogP contribution in [-0.4, -0.2) is 63.3 Å². The van der Waals surface area contributed by atoms with Gasteiger partial charge < -0.3 is 25.0 Å². The molecule has 1 unspecified atom stereocenters. The van der Waals surface area contributed by atoms with Crippen molar-refractivity contribution in [2.45, 2.75) is 31.8 Å². The Balaban J connectivity index is 0.00000243. The van der Waals surface area contributed by atoms with Crippen LogP contribution >= 0.6 is 24.0 Å². The first-order chi connectivity index (χ1) is 12.3. The predicted molar refractivity (Wildman–Crippen MR) is 116 cm³/mol. The Morgan fingerprint density at radius 2 is 1.92 bits per heavy atom. The molecule has 1 aromatic carbocycles. The number of hydrogen-bond donors (Lipinski definition) is 2. The summed E-state index contributed by atoms with van der Waals surface area (Å²) >= 11 is 0. The van der Waals surface area contributed by atoms with Crippen LogP contribution in [0.3, 0.4) is 0 Å². The smallest absolute Gasteiger partial charge is 0.191 e. The van der Waals surface area contributed by atoms with Crippen LogP contribution in [-0.2, 0) is 0 Å². The molecule has 1 saturated heterocycles. The second-order valence-corrected chi connectivity index (χ2v) is 6.63. The van der Waals surface area contributed by atoms with Crippen LogP contribution in [0.4, 0.5) is 0 Å². The van der Waals surface area contributed by atoms with Crippen molar-refractivity contribution >= 4 is 29.9 Å². The number of likely N-dealkylation sites (tertiary alicyclic amines) is 1. The van der Waals surface area contributed by atoms with Gasteiger partial charge in [0.25, 0.3) is 0 Å². The minimum atomic E-state index is -0.0105. The van der Waals surface area contributed by atoms with Gasteiger partial charge in [-0.05, 0) is 57.5 Å². The molecular formula is C19H31IN4O2. The minimum Gasteiger partial charge on any atom is -0.486 e. The number of ether oxygens (including phenoxy) is 2. The molecule has 1 aromatic rings. The maximum atomic E-state index is 5.95. The second-order valence-electron chi connectivity index (χ2n) is 6.63. The molecular weight excluding hydrogens is 443 g/mol. The van der Waals surface area contributed by atoms with Crippen molar-refractivity contribution in [2.24, 2.45) is 4.99 Å². The van der Waals surface area contributed by atoms with Crippen molar-refractivity contribution in [1.82, 2.24) is 15.5 Å². The molecule has 1 fully saturated rings. The maximum Gasteiger partial charge on any atom is 0.191 e. The topological polar surface area (TPSA) is 58.1 Å². The first kappa shape index (κ1) is 21.1. The number of guanidine groups is 1. The lowest BCUT2D eigenvalue weighted by atomic mass is 10.2. The van der Waals surface area contributed by atoms with Gasteiger partial charge in [0.15, 0.2) is 17.5 Å². The third-order valence-electron chi connectivity index (χ3n) is 4.68. The van der Waals surface area contributed by atoms with Crippen LogP contribution < -0.4 is 20.1 Å². The Bertz CT molecular complexity index is 564. The molecule has 2 N–H and O–H groups in total. The van der Waals surface area contributed by atoms with Gasteiger partial charge in [0.2, 0.25) is 0 Å². The number of nitrogens with one attached hydrogen (secondary N) is 2. The van der Waals surface area contributed by atoms with Gasteiger partial charge in [-0.25, -0.2) is 0 Å². The number of rotatable bonds is 7. The van der Waals surface area contributed by atoms with Crippen molar-refractivity contribution in [3.63, 3.8) is 0 Å². The SMILES string of the molecule is CN=C(NCCCCN1CCCC1)NCC1COc2ccccc2O1.I. The van der Waals surface area contributed by atoms with E-state index in [-0.39, 0.29) is 30.1 Å². The molecule has 0 aromatic heterocycles. The molecule has 0 aliphatic carbocycles. The number of aliphatic imine (C=N–C) groups is 1. The highest BCUT2D eigenvalue weighted by molar-refractivity contribution is 14.0. The van der Waals surface area contributed by atoms with Crippen LogP contribution in [0.5, 0.6) is 11.5 Å². The second kappa shape index (κ2) is 11.5.